The minimum atomic E-state index is -0.0557. The lowest BCUT2D eigenvalue weighted by atomic mass is 10.1. The summed E-state index contributed by atoms with van der Waals surface area (Å²) in [7, 11) is 1.79. The molecule has 1 rings (SSSR count). The van der Waals surface area contributed by atoms with Crippen LogP contribution in [0.3, 0.4) is 0 Å². The quantitative estimate of drug-likeness (QED) is 0.840. The third-order valence-corrected chi connectivity index (χ3v) is 2.87. The largest absolute Gasteiger partial charge is 0.398 e. The van der Waals surface area contributed by atoms with Crippen LogP contribution < -0.4 is 5.73 Å². The molecule has 2 N–H and O–H groups in total. The van der Waals surface area contributed by atoms with E-state index in [1.165, 1.54) is 0 Å². The summed E-state index contributed by atoms with van der Waals surface area (Å²) in [6.45, 7) is 5.00. The number of nitrogens with two attached hydrogens (primary N) is 1. The Balaban J connectivity index is 2.75. The number of anilines is 1. The van der Waals surface area contributed by atoms with Crippen LogP contribution in [0.15, 0.2) is 18.2 Å². The van der Waals surface area contributed by atoms with Crippen molar-refractivity contribution in [3.05, 3.63) is 28.8 Å². The Morgan fingerprint density at radius 1 is 1.47 bits per heavy atom. The van der Waals surface area contributed by atoms with Gasteiger partial charge in [0.15, 0.2) is 0 Å². The minimum Gasteiger partial charge on any atom is -0.398 e. The summed E-state index contributed by atoms with van der Waals surface area (Å²) < 4.78 is 0. The number of hydrogen-bond donors (Lipinski definition) is 1. The van der Waals surface area contributed by atoms with Crippen LogP contribution in [-0.4, -0.2) is 24.4 Å². The lowest BCUT2D eigenvalue weighted by molar-refractivity contribution is 0.0790. The second-order valence-electron chi connectivity index (χ2n) is 4.64. The van der Waals surface area contributed by atoms with Crippen molar-refractivity contribution in [2.75, 3.05) is 19.3 Å². The van der Waals surface area contributed by atoms with Crippen LogP contribution in [0.1, 0.15) is 30.6 Å². The van der Waals surface area contributed by atoms with Gasteiger partial charge in [-0.15, -0.1) is 0 Å². The molecule has 17 heavy (non-hydrogen) atoms. The molecule has 0 aliphatic rings. The summed E-state index contributed by atoms with van der Waals surface area (Å²) in [5.41, 5.74) is 6.73. The smallest absolute Gasteiger partial charge is 0.255 e. The molecule has 94 valence electrons. The van der Waals surface area contributed by atoms with E-state index in [9.17, 15) is 4.79 Å². The molecule has 0 saturated heterocycles. The first-order valence-electron chi connectivity index (χ1n) is 5.72. The molecule has 0 fully saturated rings. The van der Waals surface area contributed by atoms with E-state index in [1.807, 2.05) is 0 Å². The maximum Gasteiger partial charge on any atom is 0.255 e. The van der Waals surface area contributed by atoms with Crippen molar-refractivity contribution in [1.29, 1.82) is 0 Å². The molecule has 0 aliphatic carbocycles. The molecule has 0 aliphatic heterocycles. The second kappa shape index (κ2) is 5.92. The van der Waals surface area contributed by atoms with Gasteiger partial charge in [0.1, 0.15) is 0 Å². The fourth-order valence-electron chi connectivity index (χ4n) is 1.49. The highest BCUT2D eigenvalue weighted by atomic mass is 35.5. The Morgan fingerprint density at radius 2 is 2.12 bits per heavy atom. The predicted molar refractivity (Wildman–Crippen MR) is 72.3 cm³/mol. The number of hydrogen-bond acceptors (Lipinski definition) is 2. The van der Waals surface area contributed by atoms with E-state index >= 15 is 0 Å². The molecule has 1 aromatic rings. The monoisotopic (exact) mass is 254 g/mol. The van der Waals surface area contributed by atoms with E-state index in [-0.39, 0.29) is 5.91 Å². The normalized spacial score (nSPS) is 10.6. The minimum absolute atomic E-state index is 0.0557. The molecule has 1 amide bonds. The Bertz CT molecular complexity index is 404. The molecular weight excluding hydrogens is 236 g/mol. The fourth-order valence-corrected chi connectivity index (χ4v) is 1.67. The SMILES string of the molecule is CC(C)CCN(C)C(=O)c1ccc(Cl)cc1N. The lowest BCUT2D eigenvalue weighted by Gasteiger charge is -2.19. The van der Waals surface area contributed by atoms with E-state index in [2.05, 4.69) is 13.8 Å². The molecule has 0 bridgehead atoms. The Labute approximate surface area is 108 Å². The molecule has 0 unspecified atom stereocenters. The Kier molecular flexibility index (Phi) is 4.82. The van der Waals surface area contributed by atoms with Gasteiger partial charge in [0.25, 0.3) is 5.91 Å². The van der Waals surface area contributed by atoms with E-state index < -0.39 is 0 Å². The first kappa shape index (κ1) is 13.8. The number of rotatable bonds is 4. The summed E-state index contributed by atoms with van der Waals surface area (Å²) in [5.74, 6) is 0.521. The van der Waals surface area contributed by atoms with Crippen LogP contribution in [-0.2, 0) is 0 Å². The third kappa shape index (κ3) is 3.93. The summed E-state index contributed by atoms with van der Waals surface area (Å²) in [4.78, 5) is 13.8. The molecule has 1 aromatic carbocycles. The number of halogens is 1. The zero-order valence-electron chi connectivity index (χ0n) is 10.5. The van der Waals surface area contributed by atoms with E-state index in [1.54, 1.807) is 30.1 Å². The number of nitrogens with zero attached hydrogens (tertiary/aromatic N) is 1. The number of carbonyl (C=O) groups is 1. The molecule has 0 aromatic heterocycles. The van der Waals surface area contributed by atoms with Gasteiger partial charge in [-0.25, -0.2) is 0 Å². The van der Waals surface area contributed by atoms with Crippen LogP contribution in [0.4, 0.5) is 5.69 Å². The van der Waals surface area contributed by atoms with Crippen LogP contribution in [0.5, 0.6) is 0 Å². The van der Waals surface area contributed by atoms with Gasteiger partial charge >= 0.3 is 0 Å². The van der Waals surface area contributed by atoms with Gasteiger partial charge in [-0.05, 0) is 30.5 Å². The highest BCUT2D eigenvalue weighted by Gasteiger charge is 2.14. The third-order valence-electron chi connectivity index (χ3n) is 2.63. The van der Waals surface area contributed by atoms with Crippen molar-refractivity contribution >= 4 is 23.2 Å². The summed E-state index contributed by atoms with van der Waals surface area (Å²) in [6, 6.07) is 4.96. The van der Waals surface area contributed by atoms with Gasteiger partial charge in [0, 0.05) is 24.3 Å². The highest BCUT2D eigenvalue weighted by Crippen LogP contribution is 2.19. The van der Waals surface area contributed by atoms with Crippen LogP contribution in [0.25, 0.3) is 0 Å². The molecule has 4 heteroatoms. The van der Waals surface area contributed by atoms with Crippen molar-refractivity contribution in [3.63, 3.8) is 0 Å². The Morgan fingerprint density at radius 3 is 2.65 bits per heavy atom. The first-order chi connectivity index (χ1) is 7.91. The van der Waals surface area contributed by atoms with Crippen molar-refractivity contribution < 1.29 is 4.79 Å². The summed E-state index contributed by atoms with van der Waals surface area (Å²) in [6.07, 6.45) is 0.982. The van der Waals surface area contributed by atoms with Crippen molar-refractivity contribution in [1.82, 2.24) is 4.90 Å². The number of amides is 1. The number of carbonyl (C=O) groups excluding carboxylic acids is 1. The van der Waals surface area contributed by atoms with Crippen molar-refractivity contribution in [2.24, 2.45) is 5.92 Å². The molecule has 0 heterocycles. The van der Waals surface area contributed by atoms with Gasteiger partial charge < -0.3 is 10.6 Å². The van der Waals surface area contributed by atoms with Gasteiger partial charge in [-0.2, -0.15) is 0 Å². The van der Waals surface area contributed by atoms with Gasteiger partial charge in [-0.1, -0.05) is 25.4 Å². The standard InChI is InChI=1S/C13H19ClN2O/c1-9(2)6-7-16(3)13(17)11-5-4-10(14)8-12(11)15/h4-5,8-9H,6-7,15H2,1-3H3. The van der Waals surface area contributed by atoms with Crippen LogP contribution >= 0.6 is 11.6 Å². The topological polar surface area (TPSA) is 46.3 Å². The van der Waals surface area contributed by atoms with E-state index in [0.29, 0.717) is 22.2 Å². The van der Waals surface area contributed by atoms with Gasteiger partial charge in [0.2, 0.25) is 0 Å². The molecule has 3 nitrogen and oxygen atoms in total. The average molecular weight is 255 g/mol. The second-order valence-corrected chi connectivity index (χ2v) is 5.08. The van der Waals surface area contributed by atoms with E-state index in [4.69, 9.17) is 17.3 Å². The van der Waals surface area contributed by atoms with E-state index in [0.717, 1.165) is 13.0 Å². The summed E-state index contributed by atoms with van der Waals surface area (Å²) in [5, 5.41) is 0.545. The summed E-state index contributed by atoms with van der Waals surface area (Å²) >= 11 is 5.80. The lowest BCUT2D eigenvalue weighted by Crippen LogP contribution is -2.29. The molecular formula is C13H19ClN2O. The molecule has 0 atom stereocenters. The Hall–Kier alpha value is -1.22. The number of nitrogen functional groups attached to an aromatic ring is 1. The van der Waals surface area contributed by atoms with Crippen LogP contribution in [0, 0.1) is 5.92 Å². The predicted octanol–water partition coefficient (Wildman–Crippen LogP) is 3.04. The average Bonchev–Trinajstić information content (AvgIpc) is 2.25. The molecule has 0 spiro atoms. The molecule has 0 radical (unpaired) electrons. The van der Waals surface area contributed by atoms with Gasteiger partial charge in [-0.3, -0.25) is 4.79 Å². The van der Waals surface area contributed by atoms with Gasteiger partial charge in [0.05, 0.1) is 5.56 Å². The van der Waals surface area contributed by atoms with Crippen LogP contribution in [0.2, 0.25) is 5.02 Å². The molecule has 0 saturated carbocycles. The maximum atomic E-state index is 12.1. The zero-order chi connectivity index (χ0) is 13.0. The highest BCUT2D eigenvalue weighted by molar-refractivity contribution is 6.31. The maximum absolute atomic E-state index is 12.1. The van der Waals surface area contributed by atoms with Crippen molar-refractivity contribution in [3.8, 4) is 0 Å². The number of benzene rings is 1. The first-order valence-corrected chi connectivity index (χ1v) is 6.10. The zero-order valence-corrected chi connectivity index (χ0v) is 11.3. The van der Waals surface area contributed by atoms with Crippen molar-refractivity contribution in [2.45, 2.75) is 20.3 Å². The fraction of sp³-hybridized carbons (Fsp3) is 0.462.